The van der Waals surface area contributed by atoms with Gasteiger partial charge in [-0.15, -0.1) is 11.3 Å². The summed E-state index contributed by atoms with van der Waals surface area (Å²) in [4.78, 5) is 23.0. The van der Waals surface area contributed by atoms with Crippen molar-refractivity contribution in [2.45, 2.75) is 0 Å². The molecule has 22 heavy (non-hydrogen) atoms. The molecule has 2 aromatic heterocycles. The molecule has 0 saturated heterocycles. The van der Waals surface area contributed by atoms with Crippen LogP contribution in [0.15, 0.2) is 51.3 Å². The highest BCUT2D eigenvalue weighted by atomic mass is 32.1. The fourth-order valence-electron chi connectivity index (χ4n) is 1.83. The van der Waals surface area contributed by atoms with Gasteiger partial charge in [0.05, 0.1) is 11.1 Å². The molecular formula is C14H9N3O4S. The quantitative estimate of drug-likeness (QED) is 0.454. The Morgan fingerprint density at radius 2 is 2.23 bits per heavy atom. The van der Waals surface area contributed by atoms with E-state index in [0.717, 1.165) is 4.88 Å². The summed E-state index contributed by atoms with van der Waals surface area (Å²) < 4.78 is 5.35. The summed E-state index contributed by atoms with van der Waals surface area (Å²) in [5.41, 5.74) is 2.69. The summed E-state index contributed by atoms with van der Waals surface area (Å²) in [6.45, 7) is 0. The zero-order valence-electron chi connectivity index (χ0n) is 11.1. The number of nitrogens with one attached hydrogen (secondary N) is 1. The van der Waals surface area contributed by atoms with Gasteiger partial charge in [-0.2, -0.15) is 5.10 Å². The van der Waals surface area contributed by atoms with Crippen molar-refractivity contribution in [3.63, 3.8) is 0 Å². The Kier molecular flexibility index (Phi) is 3.67. The molecule has 1 N–H and O–H groups in total. The fraction of sp³-hybridized carbons (Fsp3) is 0. The van der Waals surface area contributed by atoms with Gasteiger partial charge >= 0.3 is 5.91 Å². The van der Waals surface area contributed by atoms with Crippen molar-refractivity contribution in [2.75, 3.05) is 0 Å². The van der Waals surface area contributed by atoms with Crippen molar-refractivity contribution in [2.24, 2.45) is 5.10 Å². The zero-order chi connectivity index (χ0) is 15.5. The number of carbonyl (C=O) groups excluding carboxylic acids is 1. The van der Waals surface area contributed by atoms with Crippen LogP contribution in [0.4, 0.5) is 5.69 Å². The molecule has 1 amide bonds. The minimum Gasteiger partial charge on any atom is -0.451 e. The molecule has 1 aromatic carbocycles. The molecule has 0 fully saturated rings. The average molecular weight is 315 g/mol. The van der Waals surface area contributed by atoms with E-state index in [-0.39, 0.29) is 11.4 Å². The number of amides is 1. The second-order valence-electron chi connectivity index (χ2n) is 4.30. The molecular weight excluding hydrogens is 306 g/mol. The lowest BCUT2D eigenvalue weighted by atomic mass is 10.2. The number of nitro benzene ring substituents is 1. The number of benzene rings is 1. The van der Waals surface area contributed by atoms with Crippen LogP contribution in [0.2, 0.25) is 0 Å². The number of fused-ring (bicyclic) bond motifs is 1. The number of thiophene rings is 1. The summed E-state index contributed by atoms with van der Waals surface area (Å²) in [5, 5.41) is 16.9. The number of rotatable bonds is 4. The van der Waals surface area contributed by atoms with Gasteiger partial charge in [0.2, 0.25) is 0 Å². The number of hydrogen-bond donors (Lipinski definition) is 1. The van der Waals surface area contributed by atoms with E-state index in [1.54, 1.807) is 0 Å². The predicted molar refractivity (Wildman–Crippen MR) is 82.2 cm³/mol. The van der Waals surface area contributed by atoms with E-state index in [1.165, 1.54) is 41.8 Å². The Morgan fingerprint density at radius 1 is 1.36 bits per heavy atom. The summed E-state index contributed by atoms with van der Waals surface area (Å²) in [7, 11) is 0. The van der Waals surface area contributed by atoms with Gasteiger partial charge in [0.1, 0.15) is 5.58 Å². The minimum absolute atomic E-state index is 0.0406. The molecule has 0 bridgehead atoms. The van der Waals surface area contributed by atoms with Crippen molar-refractivity contribution < 1.29 is 14.1 Å². The number of nitrogens with zero attached hydrogens (tertiary/aromatic N) is 2. The monoisotopic (exact) mass is 315 g/mol. The molecule has 0 aliphatic heterocycles. The zero-order valence-corrected chi connectivity index (χ0v) is 11.9. The lowest BCUT2D eigenvalue weighted by Crippen LogP contribution is -2.16. The van der Waals surface area contributed by atoms with Crippen LogP contribution in [0, 0.1) is 10.1 Å². The van der Waals surface area contributed by atoms with Crippen LogP contribution in [0.5, 0.6) is 0 Å². The highest BCUT2D eigenvalue weighted by Gasteiger charge is 2.14. The maximum atomic E-state index is 11.9. The number of hydrogen-bond acceptors (Lipinski definition) is 6. The normalized spacial score (nSPS) is 11.1. The highest BCUT2D eigenvalue weighted by Crippen LogP contribution is 2.24. The second kappa shape index (κ2) is 5.78. The lowest BCUT2D eigenvalue weighted by molar-refractivity contribution is -0.384. The van der Waals surface area contributed by atoms with Crippen molar-refractivity contribution in [3.05, 3.63) is 62.5 Å². The van der Waals surface area contributed by atoms with Gasteiger partial charge in [-0.05, 0) is 23.6 Å². The van der Waals surface area contributed by atoms with E-state index in [9.17, 15) is 14.9 Å². The summed E-state index contributed by atoms with van der Waals surface area (Å²) in [6.07, 6.45) is 1.52. The first-order valence-corrected chi connectivity index (χ1v) is 7.06. The first-order chi connectivity index (χ1) is 10.6. The van der Waals surface area contributed by atoms with Crippen LogP contribution in [0.1, 0.15) is 15.4 Å². The van der Waals surface area contributed by atoms with E-state index >= 15 is 0 Å². The van der Waals surface area contributed by atoms with Crippen LogP contribution in [0.3, 0.4) is 0 Å². The van der Waals surface area contributed by atoms with Crippen LogP contribution in [-0.4, -0.2) is 17.0 Å². The Hall–Kier alpha value is -3.00. The molecule has 0 aliphatic carbocycles. The summed E-state index contributed by atoms with van der Waals surface area (Å²) in [6, 6.07) is 9.31. The first kappa shape index (κ1) is 14.0. The molecule has 110 valence electrons. The van der Waals surface area contributed by atoms with Gasteiger partial charge in [0.25, 0.3) is 5.69 Å². The molecule has 0 spiro atoms. The van der Waals surface area contributed by atoms with Crippen LogP contribution < -0.4 is 5.43 Å². The van der Waals surface area contributed by atoms with Gasteiger partial charge in [0.15, 0.2) is 5.76 Å². The molecule has 8 heteroatoms. The van der Waals surface area contributed by atoms with Crippen LogP contribution >= 0.6 is 11.3 Å². The fourth-order valence-corrected chi connectivity index (χ4v) is 2.42. The van der Waals surface area contributed by atoms with Gasteiger partial charge in [-0.25, -0.2) is 5.43 Å². The van der Waals surface area contributed by atoms with Gasteiger partial charge in [-0.1, -0.05) is 6.07 Å². The SMILES string of the molecule is O=C(N/N=C\c1cccs1)c1cc2cc([N+](=O)[O-])ccc2o1. The lowest BCUT2D eigenvalue weighted by Gasteiger charge is -1.93. The number of nitro groups is 1. The average Bonchev–Trinajstić information content (AvgIpc) is 3.15. The number of non-ortho nitro benzene ring substituents is 1. The predicted octanol–water partition coefficient (Wildman–Crippen LogP) is 3.17. The van der Waals surface area contributed by atoms with Crippen LogP contribution in [0.25, 0.3) is 11.0 Å². The van der Waals surface area contributed by atoms with Crippen molar-refractivity contribution >= 4 is 40.1 Å². The van der Waals surface area contributed by atoms with Crippen LogP contribution in [-0.2, 0) is 0 Å². The van der Waals surface area contributed by atoms with E-state index in [1.807, 2.05) is 17.5 Å². The summed E-state index contributed by atoms with van der Waals surface area (Å²) in [5.74, 6) is -0.481. The largest absolute Gasteiger partial charge is 0.451 e. The standard InChI is InChI=1S/C14H9N3O4S/c18-14(16-15-8-11-2-1-5-22-11)13-7-9-6-10(17(19)20)3-4-12(9)21-13/h1-8H,(H,16,18)/b15-8-. The molecule has 3 aromatic rings. The number of carbonyl (C=O) groups is 1. The smallest absolute Gasteiger partial charge is 0.307 e. The van der Waals surface area contributed by atoms with Gasteiger partial charge < -0.3 is 4.42 Å². The van der Waals surface area contributed by atoms with Gasteiger partial charge in [-0.3, -0.25) is 14.9 Å². The van der Waals surface area contributed by atoms with E-state index < -0.39 is 10.8 Å². The molecule has 3 rings (SSSR count). The Morgan fingerprint density at radius 3 is 2.95 bits per heavy atom. The maximum Gasteiger partial charge on any atom is 0.307 e. The Labute approximate surface area is 128 Å². The van der Waals surface area contributed by atoms with Crippen molar-refractivity contribution in [3.8, 4) is 0 Å². The third kappa shape index (κ3) is 2.86. The Bertz CT molecular complexity index is 867. The highest BCUT2D eigenvalue weighted by molar-refractivity contribution is 7.11. The molecule has 2 heterocycles. The molecule has 0 atom stereocenters. The van der Waals surface area contributed by atoms with Crippen molar-refractivity contribution in [1.82, 2.24) is 5.43 Å². The van der Waals surface area contributed by atoms with E-state index in [2.05, 4.69) is 10.5 Å². The third-order valence-electron chi connectivity index (χ3n) is 2.84. The van der Waals surface area contributed by atoms with Gasteiger partial charge in [0, 0.05) is 22.4 Å². The van der Waals surface area contributed by atoms with E-state index in [4.69, 9.17) is 4.42 Å². The maximum absolute atomic E-state index is 11.9. The molecule has 0 aliphatic rings. The van der Waals surface area contributed by atoms with Crippen molar-refractivity contribution in [1.29, 1.82) is 0 Å². The molecule has 0 radical (unpaired) electrons. The molecule has 7 nitrogen and oxygen atoms in total. The first-order valence-electron chi connectivity index (χ1n) is 6.18. The number of hydrazone groups is 1. The molecule has 0 unspecified atom stereocenters. The minimum atomic E-state index is -0.522. The topological polar surface area (TPSA) is 97.7 Å². The number of furan rings is 1. The molecule has 0 saturated carbocycles. The van der Waals surface area contributed by atoms with E-state index in [0.29, 0.717) is 11.0 Å². The third-order valence-corrected chi connectivity index (χ3v) is 3.64. The Balaban J connectivity index is 1.77. The summed E-state index contributed by atoms with van der Waals surface area (Å²) >= 11 is 1.49. The second-order valence-corrected chi connectivity index (χ2v) is 5.28.